The molecule has 0 aliphatic carbocycles. The Morgan fingerprint density at radius 3 is 1.02 bits per heavy atom. The topological polar surface area (TPSA) is 289 Å². The molecule has 0 unspecified atom stereocenters. The molecule has 0 aliphatic rings. The SMILES string of the molecule is CC[C@H](NC(=O)OC(C)(C)C)C(=O)Nc1ccc(C#Cc2c(F)c(F)nc(F)c2F)cc1.CC[C@H](NC(=O)OC(C)(C)C)C(=O)O.ClCCl.NC[C@H](N)C(=O)Nc1ccc(C#Cc2c(F)c(F)nc(F)c2F)cc1.Nc1ccc(C#Cc2c(F)c(F)nc(F)c2F)cc1. The van der Waals surface area contributed by atoms with Crippen LogP contribution in [0.1, 0.15) is 102 Å². The van der Waals surface area contributed by atoms with Crippen molar-refractivity contribution in [3.63, 3.8) is 0 Å². The van der Waals surface area contributed by atoms with Gasteiger partial charge in [-0.25, -0.2) is 40.7 Å². The molecule has 18 nitrogen and oxygen atoms in total. The van der Waals surface area contributed by atoms with E-state index in [9.17, 15) is 76.7 Å². The number of alkyl halides is 2. The third kappa shape index (κ3) is 27.3. The smallest absolute Gasteiger partial charge is 0.408 e. The van der Waals surface area contributed by atoms with Crippen molar-refractivity contribution in [2.75, 3.05) is 28.3 Å². The maximum absolute atomic E-state index is 13.6. The highest BCUT2D eigenvalue weighted by Crippen LogP contribution is 2.20. The second-order valence-corrected chi connectivity index (χ2v) is 20.9. The summed E-state index contributed by atoms with van der Waals surface area (Å²) in [5.74, 6) is -9.40. The van der Waals surface area contributed by atoms with Crippen molar-refractivity contribution in [3.8, 4) is 35.5 Å². The fourth-order valence-electron chi connectivity index (χ4n) is 6.20. The minimum absolute atomic E-state index is 0.0222. The van der Waals surface area contributed by atoms with Crippen LogP contribution in [0.5, 0.6) is 0 Å². The number of rotatable bonds is 10. The van der Waals surface area contributed by atoms with E-state index in [1.807, 2.05) is 17.8 Å². The van der Waals surface area contributed by atoms with E-state index in [2.05, 4.69) is 54.0 Å². The van der Waals surface area contributed by atoms with E-state index in [4.69, 9.17) is 55.0 Å². The van der Waals surface area contributed by atoms with Crippen LogP contribution >= 0.6 is 23.2 Å². The van der Waals surface area contributed by atoms with Crippen LogP contribution in [0.15, 0.2) is 72.8 Å². The van der Waals surface area contributed by atoms with Gasteiger partial charge in [0.05, 0.1) is 11.4 Å². The number of carboxylic acid groups (broad SMARTS) is 1. The largest absolute Gasteiger partial charge is 0.480 e. The molecule has 0 saturated heterocycles. The summed E-state index contributed by atoms with van der Waals surface area (Å²) in [6.07, 6.45) is -0.792. The fraction of sp³-hybridized carbons (Fsp3) is 0.279. The van der Waals surface area contributed by atoms with Gasteiger partial charge >= 0.3 is 18.2 Å². The Balaban J connectivity index is 0.000000433. The molecular weight excluding hydrogens is 1300 g/mol. The number of ether oxygens (including phenoxy) is 2. The normalized spacial score (nSPS) is 11.3. The molecule has 11 N–H and O–H groups in total. The Kier molecular flexibility index (Phi) is 32.0. The van der Waals surface area contributed by atoms with Crippen LogP contribution in [-0.2, 0) is 23.9 Å². The zero-order chi connectivity index (χ0) is 70.7. The number of pyridine rings is 3. The number of carboxylic acids is 1. The van der Waals surface area contributed by atoms with E-state index in [1.54, 1.807) is 55.4 Å². The average Bonchev–Trinajstić information content (AvgIpc) is 0.962. The van der Waals surface area contributed by atoms with Crippen LogP contribution in [0, 0.1) is 106 Å². The summed E-state index contributed by atoms with van der Waals surface area (Å²) < 4.78 is 169. The van der Waals surface area contributed by atoms with Crippen molar-refractivity contribution in [2.24, 2.45) is 11.5 Å². The summed E-state index contributed by atoms with van der Waals surface area (Å²) in [7, 11) is 0. The number of aromatic nitrogens is 3. The first-order valence-corrected chi connectivity index (χ1v) is 27.6. The number of nitrogen functional groups attached to an aromatic ring is 1. The number of hydrogen-bond donors (Lipinski definition) is 8. The van der Waals surface area contributed by atoms with E-state index < -0.39 is 147 Å². The molecule has 3 atom stereocenters. The maximum Gasteiger partial charge on any atom is 0.408 e. The second-order valence-electron chi connectivity index (χ2n) is 20.1. The predicted molar refractivity (Wildman–Crippen MR) is 319 cm³/mol. The standard InChI is InChI=1S/C22H21F4N3O3.C16H12F4N4O.C13H6F4N2.C9H17NO4.CH2Cl2/c1-5-15(28-21(31)32-22(2,3)4)20(30)27-13-9-6-12(7-10-13)8-11-14-16(23)18(25)29-19(26)17(14)24;17-12-10(13(18)15(20)24-14(12)19)6-3-8-1-4-9(5-2-8)23-16(25)11(22)7-21;14-10-9(11(15)13(17)19-12(10)16)6-3-7-1-4-8(18)5-2-7;1-5-6(7(11)12)10-8(13)14-9(2,3)4;2-1-3/h6-7,9-10,15H,5H2,1-4H3,(H,27,30)(H,28,31);1-2,4-5,11H,7,21-22H2,(H,23,25);1-2,4-5H,18H2;6H,5H2,1-4H3,(H,10,13)(H,11,12);1H2/t15-;11-;;6-;/m00.0./s1. The summed E-state index contributed by atoms with van der Waals surface area (Å²) in [5.41, 5.74) is 13.9. The summed E-state index contributed by atoms with van der Waals surface area (Å²) in [6, 6.07) is 15.1. The number of halogens is 14. The molecule has 3 heterocycles. The number of benzene rings is 3. The summed E-state index contributed by atoms with van der Waals surface area (Å²) >= 11 is 9.53. The van der Waals surface area contributed by atoms with Crippen molar-refractivity contribution in [1.82, 2.24) is 25.6 Å². The second kappa shape index (κ2) is 37.5. The Hall–Kier alpha value is -9.80. The van der Waals surface area contributed by atoms with Crippen molar-refractivity contribution >= 4 is 70.2 Å². The molecule has 498 valence electrons. The minimum atomic E-state index is -1.79. The Labute approximate surface area is 534 Å². The van der Waals surface area contributed by atoms with Crippen molar-refractivity contribution in [1.29, 1.82) is 0 Å². The number of nitrogens with zero attached hydrogens (tertiary/aromatic N) is 3. The number of alkyl carbamates (subject to hydrolysis) is 2. The van der Waals surface area contributed by atoms with Crippen molar-refractivity contribution < 1.29 is 91.2 Å². The van der Waals surface area contributed by atoms with Gasteiger partial charge in [-0.05, 0) is 127 Å². The van der Waals surface area contributed by atoms with Gasteiger partial charge in [0, 0.05) is 40.3 Å². The first kappa shape index (κ1) is 79.3. The number of carbonyl (C=O) groups is 5. The van der Waals surface area contributed by atoms with E-state index in [0.29, 0.717) is 35.5 Å². The van der Waals surface area contributed by atoms with Gasteiger partial charge < -0.3 is 53.0 Å². The first-order chi connectivity index (χ1) is 43.4. The number of aliphatic carboxylic acids is 1. The van der Waals surface area contributed by atoms with Gasteiger partial charge in [-0.1, -0.05) is 49.4 Å². The van der Waals surface area contributed by atoms with Crippen LogP contribution in [0.2, 0.25) is 0 Å². The number of nitrogens with one attached hydrogen (secondary N) is 4. The van der Waals surface area contributed by atoms with Gasteiger partial charge in [-0.3, -0.25) is 9.59 Å². The van der Waals surface area contributed by atoms with E-state index in [1.165, 1.54) is 72.8 Å². The third-order valence-electron chi connectivity index (χ3n) is 10.6. The number of amides is 4. The molecule has 0 spiro atoms. The summed E-state index contributed by atoms with van der Waals surface area (Å²) in [5, 5.41) is 18.7. The number of anilines is 3. The highest BCUT2D eigenvalue weighted by atomic mass is 35.5. The van der Waals surface area contributed by atoms with Crippen LogP contribution in [0.25, 0.3) is 0 Å². The molecule has 3 aromatic carbocycles. The molecule has 32 heteroatoms. The number of carbonyl (C=O) groups excluding carboxylic acids is 4. The number of nitrogens with two attached hydrogens (primary N) is 3. The molecule has 4 amide bonds. The molecule has 6 rings (SSSR count). The monoisotopic (exact) mass is 1360 g/mol. The van der Waals surface area contributed by atoms with Crippen molar-refractivity contribution in [3.05, 3.63) is 177 Å². The van der Waals surface area contributed by atoms with Gasteiger partial charge in [-0.15, -0.1) is 23.2 Å². The minimum Gasteiger partial charge on any atom is -0.480 e. The summed E-state index contributed by atoms with van der Waals surface area (Å²) in [6.45, 7) is 13.6. The molecule has 0 fully saturated rings. The lowest BCUT2D eigenvalue weighted by molar-refractivity contribution is -0.139. The molecular formula is C61H58Cl2F12N10O8. The highest BCUT2D eigenvalue weighted by Gasteiger charge is 2.26. The summed E-state index contributed by atoms with van der Waals surface area (Å²) in [4.78, 5) is 64.9. The van der Waals surface area contributed by atoms with E-state index in [-0.39, 0.29) is 23.0 Å². The van der Waals surface area contributed by atoms with E-state index in [0.717, 1.165) is 0 Å². The molecule has 0 aliphatic heterocycles. The maximum atomic E-state index is 13.6. The predicted octanol–water partition coefficient (Wildman–Crippen LogP) is 11.0. The van der Waals surface area contributed by atoms with Gasteiger partial charge in [0.2, 0.25) is 11.8 Å². The molecule has 6 aromatic rings. The molecule has 0 radical (unpaired) electrons. The zero-order valence-corrected chi connectivity index (χ0v) is 51.7. The quantitative estimate of drug-likeness (QED) is 0.0208. The lowest BCUT2D eigenvalue weighted by Gasteiger charge is -2.22. The van der Waals surface area contributed by atoms with Crippen LogP contribution in [0.3, 0.4) is 0 Å². The van der Waals surface area contributed by atoms with Crippen LogP contribution < -0.4 is 38.5 Å². The average molecular weight is 1360 g/mol. The first-order valence-electron chi connectivity index (χ1n) is 26.5. The third-order valence-corrected chi connectivity index (χ3v) is 10.6. The zero-order valence-electron chi connectivity index (χ0n) is 50.2. The Bertz CT molecular complexity index is 3720. The Morgan fingerprint density at radius 2 is 0.763 bits per heavy atom. The van der Waals surface area contributed by atoms with Crippen molar-refractivity contribution in [2.45, 2.75) is 97.6 Å². The lowest BCUT2D eigenvalue weighted by atomic mass is 10.1. The highest BCUT2D eigenvalue weighted by molar-refractivity contribution is 6.40. The van der Waals surface area contributed by atoms with Gasteiger partial charge in [-0.2, -0.15) is 41.3 Å². The molecule has 3 aromatic heterocycles. The van der Waals surface area contributed by atoms with E-state index >= 15 is 0 Å². The number of hydrogen-bond acceptors (Lipinski definition) is 13. The van der Waals surface area contributed by atoms with Gasteiger partial charge in [0.1, 0.15) is 40.0 Å². The molecule has 0 bridgehead atoms. The van der Waals surface area contributed by atoms with Crippen LogP contribution in [0.4, 0.5) is 79.3 Å². The van der Waals surface area contributed by atoms with Gasteiger partial charge in [0.15, 0.2) is 34.9 Å². The fourth-order valence-corrected chi connectivity index (χ4v) is 6.20. The van der Waals surface area contributed by atoms with Gasteiger partial charge in [0.25, 0.3) is 35.7 Å². The molecule has 0 saturated carbocycles. The van der Waals surface area contributed by atoms with Crippen LogP contribution in [-0.4, -0.2) is 91.2 Å². The lowest BCUT2D eigenvalue weighted by Crippen LogP contribution is -2.45. The Morgan fingerprint density at radius 1 is 0.495 bits per heavy atom. The molecule has 93 heavy (non-hydrogen) atoms.